The minimum absolute atomic E-state index is 0.389. The maximum Gasteiger partial charge on any atom is 0.160 e. The molecule has 0 bridgehead atoms. The van der Waals surface area contributed by atoms with Crippen LogP contribution in [0.3, 0.4) is 0 Å². The molecular weight excluding hydrogens is 544 g/mol. The number of benzene rings is 5. The van der Waals surface area contributed by atoms with E-state index >= 15 is 0 Å². The summed E-state index contributed by atoms with van der Waals surface area (Å²) in [5, 5.41) is 0. The van der Waals surface area contributed by atoms with Crippen molar-refractivity contribution in [3.05, 3.63) is 185 Å². The van der Waals surface area contributed by atoms with E-state index in [9.17, 15) is 0 Å². The Bertz CT molecular complexity index is 2150. The third-order valence-electron chi connectivity index (χ3n) is 9.64. The van der Waals surface area contributed by atoms with Gasteiger partial charge in [-0.1, -0.05) is 146 Å². The van der Waals surface area contributed by atoms with Gasteiger partial charge in [-0.05, 0) is 69.5 Å². The van der Waals surface area contributed by atoms with Crippen LogP contribution < -0.4 is 0 Å². The fourth-order valence-electron chi connectivity index (χ4n) is 7.69. The summed E-state index contributed by atoms with van der Waals surface area (Å²) < 4.78 is 0. The maximum absolute atomic E-state index is 5.21. The fraction of sp³-hybridized carbons (Fsp3) is 0.0698. The van der Waals surface area contributed by atoms with Gasteiger partial charge in [0.05, 0.1) is 16.8 Å². The molecule has 1 aromatic heterocycles. The van der Waals surface area contributed by atoms with Crippen LogP contribution in [0.25, 0.3) is 51.1 Å². The standard InChI is InChI=1S/C43H30N2/c1-3-15-31(16-4-1)40-28-41(45-42(44-40)32-17-5-2-6-18-32)33-25-26-35-34-19-9-12-22-38(34)43(39(35)27-33)36-20-10-7-13-29(36)23-24-30-14-8-11-21-37(30)43/h1-10,12-20,22-28H,11,21H2. The number of hydrogen-bond donors (Lipinski definition) is 0. The summed E-state index contributed by atoms with van der Waals surface area (Å²) in [6, 6.07) is 47.9. The second kappa shape index (κ2) is 10.2. The summed E-state index contributed by atoms with van der Waals surface area (Å²) in [7, 11) is 0. The molecule has 0 amide bonds. The van der Waals surface area contributed by atoms with E-state index in [0.717, 1.165) is 46.7 Å². The second-order valence-corrected chi connectivity index (χ2v) is 12.0. The topological polar surface area (TPSA) is 25.8 Å². The van der Waals surface area contributed by atoms with E-state index < -0.39 is 0 Å². The molecule has 1 atom stereocenters. The molecule has 9 rings (SSSR count). The predicted octanol–water partition coefficient (Wildman–Crippen LogP) is 10.5. The maximum atomic E-state index is 5.21. The van der Waals surface area contributed by atoms with Gasteiger partial charge in [0, 0.05) is 16.7 Å². The highest BCUT2D eigenvalue weighted by Crippen LogP contribution is 2.60. The quantitative estimate of drug-likeness (QED) is 0.210. The molecule has 2 heteroatoms. The second-order valence-electron chi connectivity index (χ2n) is 12.0. The minimum atomic E-state index is -0.389. The van der Waals surface area contributed by atoms with Gasteiger partial charge >= 0.3 is 0 Å². The van der Waals surface area contributed by atoms with Gasteiger partial charge in [0.15, 0.2) is 5.82 Å². The van der Waals surface area contributed by atoms with Crippen molar-refractivity contribution in [3.8, 4) is 45.0 Å². The smallest absolute Gasteiger partial charge is 0.160 e. The number of nitrogens with zero attached hydrogens (tertiary/aromatic N) is 2. The summed E-state index contributed by atoms with van der Waals surface area (Å²) >= 11 is 0. The Kier molecular flexibility index (Phi) is 5.89. The van der Waals surface area contributed by atoms with Crippen molar-refractivity contribution in [1.29, 1.82) is 0 Å². The Morgan fingerprint density at radius 1 is 0.489 bits per heavy atom. The molecule has 2 nitrogen and oxygen atoms in total. The van der Waals surface area contributed by atoms with Crippen molar-refractivity contribution >= 4 is 6.08 Å². The van der Waals surface area contributed by atoms with E-state index in [2.05, 4.69) is 133 Å². The monoisotopic (exact) mass is 574 g/mol. The zero-order chi connectivity index (χ0) is 29.8. The average molecular weight is 575 g/mol. The molecule has 0 radical (unpaired) electrons. The molecule has 212 valence electrons. The lowest BCUT2D eigenvalue weighted by Crippen LogP contribution is -2.31. The molecule has 1 heterocycles. The Labute approximate surface area is 263 Å². The van der Waals surface area contributed by atoms with E-state index in [1.54, 1.807) is 0 Å². The van der Waals surface area contributed by atoms with E-state index in [4.69, 9.17) is 9.97 Å². The summed E-state index contributed by atoms with van der Waals surface area (Å²) in [5.41, 5.74) is 15.4. The van der Waals surface area contributed by atoms with Gasteiger partial charge in [0.1, 0.15) is 0 Å². The van der Waals surface area contributed by atoms with Crippen molar-refractivity contribution in [2.75, 3.05) is 0 Å². The Balaban J connectivity index is 1.33. The molecule has 0 saturated carbocycles. The molecule has 3 aliphatic rings. The molecule has 0 aliphatic heterocycles. The van der Waals surface area contributed by atoms with Crippen LogP contribution in [-0.2, 0) is 5.41 Å². The largest absolute Gasteiger partial charge is 0.228 e. The zero-order valence-corrected chi connectivity index (χ0v) is 24.8. The van der Waals surface area contributed by atoms with Crippen molar-refractivity contribution in [2.24, 2.45) is 0 Å². The zero-order valence-electron chi connectivity index (χ0n) is 24.8. The fourth-order valence-corrected chi connectivity index (χ4v) is 7.69. The number of fused-ring (bicyclic) bond motifs is 8. The number of hydrogen-bond acceptors (Lipinski definition) is 2. The first-order chi connectivity index (χ1) is 22.3. The lowest BCUT2D eigenvalue weighted by molar-refractivity contribution is 0.687. The van der Waals surface area contributed by atoms with Crippen LogP contribution >= 0.6 is 0 Å². The van der Waals surface area contributed by atoms with Crippen molar-refractivity contribution in [1.82, 2.24) is 9.97 Å². The minimum Gasteiger partial charge on any atom is -0.228 e. The summed E-state index contributed by atoms with van der Waals surface area (Å²) in [4.78, 5) is 10.3. The lowest BCUT2D eigenvalue weighted by Gasteiger charge is -2.38. The SMILES string of the molecule is C1=CC2=C(CC1)C1(c3ccccc3C=C2)c2ccccc2-c2ccc(-c3cc(-c4ccccc4)nc(-c4ccccc4)n3)cc21. The number of aromatic nitrogens is 2. The first-order valence-electron chi connectivity index (χ1n) is 15.7. The highest BCUT2D eigenvalue weighted by atomic mass is 14.9. The van der Waals surface area contributed by atoms with Crippen molar-refractivity contribution < 1.29 is 0 Å². The van der Waals surface area contributed by atoms with E-state index in [-0.39, 0.29) is 5.41 Å². The highest BCUT2D eigenvalue weighted by molar-refractivity contribution is 5.90. The summed E-state index contributed by atoms with van der Waals surface area (Å²) in [5.74, 6) is 0.733. The molecule has 1 unspecified atom stereocenters. The Morgan fingerprint density at radius 3 is 1.98 bits per heavy atom. The van der Waals surface area contributed by atoms with Gasteiger partial charge in [-0.3, -0.25) is 0 Å². The Hall–Kier alpha value is -5.60. The van der Waals surface area contributed by atoms with Crippen LogP contribution in [-0.4, -0.2) is 9.97 Å². The molecule has 5 aromatic carbocycles. The van der Waals surface area contributed by atoms with E-state index in [1.807, 2.05) is 24.3 Å². The molecular formula is C43H30N2. The molecule has 1 spiro atoms. The van der Waals surface area contributed by atoms with Gasteiger partial charge < -0.3 is 0 Å². The number of allylic oxidation sites excluding steroid dienone is 5. The van der Waals surface area contributed by atoms with E-state index in [0.29, 0.717) is 0 Å². The van der Waals surface area contributed by atoms with Crippen LogP contribution in [0, 0.1) is 0 Å². The molecule has 3 aliphatic carbocycles. The van der Waals surface area contributed by atoms with Gasteiger partial charge in [0.25, 0.3) is 0 Å². The molecule has 6 aromatic rings. The van der Waals surface area contributed by atoms with Gasteiger partial charge in [-0.15, -0.1) is 0 Å². The lowest BCUT2D eigenvalue weighted by atomic mass is 9.63. The number of rotatable bonds is 3. The normalized spacial score (nSPS) is 17.4. The van der Waals surface area contributed by atoms with Crippen molar-refractivity contribution in [2.45, 2.75) is 18.3 Å². The summed E-state index contributed by atoms with van der Waals surface area (Å²) in [6.45, 7) is 0. The molecule has 0 fully saturated rings. The average Bonchev–Trinajstić information content (AvgIpc) is 3.32. The van der Waals surface area contributed by atoms with Crippen LogP contribution in [0.1, 0.15) is 35.1 Å². The van der Waals surface area contributed by atoms with Crippen LogP contribution in [0.15, 0.2) is 163 Å². The molecule has 45 heavy (non-hydrogen) atoms. The third kappa shape index (κ3) is 3.96. The van der Waals surface area contributed by atoms with E-state index in [1.165, 1.54) is 44.5 Å². The Morgan fingerprint density at radius 2 is 1.16 bits per heavy atom. The van der Waals surface area contributed by atoms with Crippen LogP contribution in [0.4, 0.5) is 0 Å². The highest BCUT2D eigenvalue weighted by Gasteiger charge is 2.49. The molecule has 0 saturated heterocycles. The van der Waals surface area contributed by atoms with Gasteiger partial charge in [-0.25, -0.2) is 9.97 Å². The van der Waals surface area contributed by atoms with Crippen molar-refractivity contribution in [3.63, 3.8) is 0 Å². The summed E-state index contributed by atoms with van der Waals surface area (Å²) in [6.07, 6.45) is 11.3. The third-order valence-corrected chi connectivity index (χ3v) is 9.64. The van der Waals surface area contributed by atoms with Gasteiger partial charge in [-0.2, -0.15) is 0 Å². The first-order valence-corrected chi connectivity index (χ1v) is 15.7. The van der Waals surface area contributed by atoms with Gasteiger partial charge in [0.2, 0.25) is 0 Å². The van der Waals surface area contributed by atoms with Crippen LogP contribution in [0.2, 0.25) is 0 Å². The first kappa shape index (κ1) is 25.9. The van der Waals surface area contributed by atoms with Crippen LogP contribution in [0.5, 0.6) is 0 Å². The molecule has 0 N–H and O–H groups in total. The predicted molar refractivity (Wildman–Crippen MR) is 185 cm³/mol.